The molecular formula is C25H35N3O2. The van der Waals surface area contributed by atoms with Gasteiger partial charge in [-0.25, -0.2) is 0 Å². The Morgan fingerprint density at radius 3 is 2.30 bits per heavy atom. The molecule has 1 aromatic heterocycles. The summed E-state index contributed by atoms with van der Waals surface area (Å²) in [4.78, 5) is 27.4. The number of aromatic nitrogens is 1. The van der Waals surface area contributed by atoms with Crippen LogP contribution in [0.15, 0.2) is 30.3 Å². The number of nitrogens with one attached hydrogen (secondary N) is 1. The second kappa shape index (κ2) is 9.07. The average Bonchev–Trinajstić information content (AvgIpc) is 3.01. The molecule has 0 atom stereocenters. The number of amides is 2. The first-order valence-electron chi connectivity index (χ1n) is 11.1. The van der Waals surface area contributed by atoms with Gasteiger partial charge in [-0.3, -0.25) is 9.59 Å². The quantitative estimate of drug-likeness (QED) is 0.785. The highest BCUT2D eigenvalue weighted by Crippen LogP contribution is 2.26. The van der Waals surface area contributed by atoms with Gasteiger partial charge in [0.1, 0.15) is 0 Å². The number of hydrogen-bond donors (Lipinski definition) is 1. The molecule has 5 heteroatoms. The SMILES string of the molecule is Cc1cc(C(=O)N2CCC(C(=O)NC(C)C)CC2)c(C)n1-c1cccc(C(C)C)c1. The van der Waals surface area contributed by atoms with Gasteiger partial charge in [0, 0.05) is 42.1 Å². The molecule has 1 N–H and O–H groups in total. The van der Waals surface area contributed by atoms with Gasteiger partial charge in [-0.2, -0.15) is 0 Å². The molecule has 1 aromatic carbocycles. The number of hydrogen-bond acceptors (Lipinski definition) is 2. The van der Waals surface area contributed by atoms with Gasteiger partial charge in [0.15, 0.2) is 0 Å². The molecule has 2 amide bonds. The zero-order valence-electron chi connectivity index (χ0n) is 19.2. The third kappa shape index (κ3) is 4.61. The van der Waals surface area contributed by atoms with E-state index in [1.54, 1.807) is 0 Å². The van der Waals surface area contributed by atoms with Gasteiger partial charge in [-0.1, -0.05) is 26.0 Å². The van der Waals surface area contributed by atoms with E-state index in [2.05, 4.69) is 48.0 Å². The van der Waals surface area contributed by atoms with Gasteiger partial charge in [0.2, 0.25) is 5.91 Å². The summed E-state index contributed by atoms with van der Waals surface area (Å²) in [7, 11) is 0. The second-order valence-electron chi connectivity index (χ2n) is 9.10. The Hall–Kier alpha value is -2.56. The maximum Gasteiger partial charge on any atom is 0.255 e. The molecule has 3 rings (SSSR count). The molecule has 0 aliphatic carbocycles. The monoisotopic (exact) mass is 409 g/mol. The van der Waals surface area contributed by atoms with Crippen molar-refractivity contribution in [2.75, 3.05) is 13.1 Å². The molecule has 162 valence electrons. The summed E-state index contributed by atoms with van der Waals surface area (Å²) >= 11 is 0. The normalized spacial score (nSPS) is 15.1. The van der Waals surface area contributed by atoms with Crippen LogP contribution in [0.5, 0.6) is 0 Å². The van der Waals surface area contributed by atoms with E-state index in [0.717, 1.165) is 35.5 Å². The standard InChI is InChI=1S/C25H35N3O2/c1-16(2)21-8-7-9-22(15-21)28-18(5)14-23(19(28)6)25(30)27-12-10-20(11-13-27)24(29)26-17(3)4/h7-9,14-17,20H,10-13H2,1-6H3,(H,26,29). The van der Waals surface area contributed by atoms with Crippen molar-refractivity contribution >= 4 is 11.8 Å². The van der Waals surface area contributed by atoms with Crippen molar-refractivity contribution in [1.82, 2.24) is 14.8 Å². The van der Waals surface area contributed by atoms with Crippen molar-refractivity contribution in [3.63, 3.8) is 0 Å². The molecule has 0 bridgehead atoms. The van der Waals surface area contributed by atoms with Crippen molar-refractivity contribution in [2.24, 2.45) is 5.92 Å². The minimum atomic E-state index is 0.00246. The van der Waals surface area contributed by atoms with Crippen LogP contribution in [0, 0.1) is 19.8 Å². The molecule has 0 spiro atoms. The lowest BCUT2D eigenvalue weighted by Crippen LogP contribution is -2.44. The van der Waals surface area contributed by atoms with E-state index in [-0.39, 0.29) is 23.8 Å². The summed E-state index contributed by atoms with van der Waals surface area (Å²) in [6.07, 6.45) is 1.44. The molecule has 2 aromatic rings. The van der Waals surface area contributed by atoms with E-state index in [1.165, 1.54) is 5.56 Å². The molecule has 2 heterocycles. The Bertz CT molecular complexity index is 918. The number of piperidine rings is 1. The predicted molar refractivity (Wildman–Crippen MR) is 121 cm³/mol. The summed E-state index contributed by atoms with van der Waals surface area (Å²) in [5.74, 6) is 0.636. The van der Waals surface area contributed by atoms with E-state index >= 15 is 0 Å². The predicted octanol–water partition coefficient (Wildman–Crippen LogP) is 4.59. The topological polar surface area (TPSA) is 54.3 Å². The molecule has 30 heavy (non-hydrogen) atoms. The van der Waals surface area contributed by atoms with Gasteiger partial charge >= 0.3 is 0 Å². The number of carbonyl (C=O) groups excluding carboxylic acids is 2. The van der Waals surface area contributed by atoms with Crippen LogP contribution in [-0.4, -0.2) is 40.4 Å². The lowest BCUT2D eigenvalue weighted by molar-refractivity contribution is -0.126. The van der Waals surface area contributed by atoms with Crippen LogP contribution in [0.25, 0.3) is 5.69 Å². The lowest BCUT2D eigenvalue weighted by Gasteiger charge is -2.31. The summed E-state index contributed by atoms with van der Waals surface area (Å²) < 4.78 is 2.17. The van der Waals surface area contributed by atoms with E-state index < -0.39 is 0 Å². The fraction of sp³-hybridized carbons (Fsp3) is 0.520. The van der Waals surface area contributed by atoms with Crippen molar-refractivity contribution in [1.29, 1.82) is 0 Å². The second-order valence-corrected chi connectivity index (χ2v) is 9.10. The summed E-state index contributed by atoms with van der Waals surface area (Å²) in [6, 6.07) is 10.7. The van der Waals surface area contributed by atoms with E-state index in [9.17, 15) is 9.59 Å². The van der Waals surface area contributed by atoms with Crippen LogP contribution in [0.4, 0.5) is 0 Å². The van der Waals surface area contributed by atoms with Crippen LogP contribution in [0.1, 0.15) is 73.8 Å². The molecule has 1 aliphatic heterocycles. The fourth-order valence-corrected chi connectivity index (χ4v) is 4.32. The van der Waals surface area contributed by atoms with Crippen molar-refractivity contribution < 1.29 is 9.59 Å². The van der Waals surface area contributed by atoms with Gasteiger partial charge in [0.25, 0.3) is 5.91 Å². The third-order valence-electron chi connectivity index (χ3n) is 6.04. The molecule has 1 saturated heterocycles. The largest absolute Gasteiger partial charge is 0.354 e. The number of rotatable bonds is 5. The lowest BCUT2D eigenvalue weighted by atomic mass is 9.95. The third-order valence-corrected chi connectivity index (χ3v) is 6.04. The van der Waals surface area contributed by atoms with Crippen molar-refractivity contribution in [3.8, 4) is 5.69 Å². The number of nitrogens with zero attached hydrogens (tertiary/aromatic N) is 2. The Kier molecular flexibility index (Phi) is 6.69. The molecule has 0 saturated carbocycles. The Labute approximate surface area is 180 Å². The Morgan fingerprint density at radius 2 is 1.70 bits per heavy atom. The molecule has 0 radical (unpaired) electrons. The van der Waals surface area contributed by atoms with Gasteiger partial charge in [0.05, 0.1) is 5.56 Å². The zero-order valence-corrected chi connectivity index (χ0v) is 19.2. The molecule has 1 fully saturated rings. The van der Waals surface area contributed by atoms with Crippen LogP contribution in [0.2, 0.25) is 0 Å². The molecule has 1 aliphatic rings. The highest BCUT2D eigenvalue weighted by molar-refractivity contribution is 5.96. The van der Waals surface area contributed by atoms with Crippen LogP contribution >= 0.6 is 0 Å². The maximum absolute atomic E-state index is 13.3. The van der Waals surface area contributed by atoms with Crippen LogP contribution in [0.3, 0.4) is 0 Å². The Morgan fingerprint density at radius 1 is 1.03 bits per heavy atom. The van der Waals surface area contributed by atoms with Crippen molar-refractivity contribution in [2.45, 2.75) is 66.3 Å². The molecular weight excluding hydrogens is 374 g/mol. The minimum Gasteiger partial charge on any atom is -0.354 e. The first-order chi connectivity index (χ1) is 14.2. The van der Waals surface area contributed by atoms with Gasteiger partial charge in [-0.05, 0) is 70.2 Å². The number of aryl methyl sites for hydroxylation is 1. The summed E-state index contributed by atoms with van der Waals surface area (Å²) in [5.41, 5.74) is 5.17. The first kappa shape index (κ1) is 22.1. The van der Waals surface area contributed by atoms with E-state index in [4.69, 9.17) is 0 Å². The molecule has 5 nitrogen and oxygen atoms in total. The first-order valence-corrected chi connectivity index (χ1v) is 11.1. The van der Waals surface area contributed by atoms with Crippen molar-refractivity contribution in [3.05, 3.63) is 52.8 Å². The minimum absolute atomic E-state index is 0.00246. The summed E-state index contributed by atoms with van der Waals surface area (Å²) in [5, 5.41) is 2.99. The van der Waals surface area contributed by atoms with Gasteiger partial charge < -0.3 is 14.8 Å². The van der Waals surface area contributed by atoms with E-state index in [1.807, 2.05) is 38.7 Å². The number of carbonyl (C=O) groups is 2. The maximum atomic E-state index is 13.3. The number of benzene rings is 1. The average molecular weight is 410 g/mol. The zero-order chi connectivity index (χ0) is 22.0. The highest BCUT2D eigenvalue weighted by atomic mass is 16.2. The molecule has 0 unspecified atom stereocenters. The van der Waals surface area contributed by atoms with Gasteiger partial charge in [-0.15, -0.1) is 0 Å². The highest BCUT2D eigenvalue weighted by Gasteiger charge is 2.29. The Balaban J connectivity index is 1.76. The smallest absolute Gasteiger partial charge is 0.255 e. The fourth-order valence-electron chi connectivity index (χ4n) is 4.32. The summed E-state index contributed by atoms with van der Waals surface area (Å²) in [6.45, 7) is 13.7. The van der Waals surface area contributed by atoms with E-state index in [0.29, 0.717) is 19.0 Å². The number of likely N-dealkylation sites (tertiary alicyclic amines) is 1. The van der Waals surface area contributed by atoms with Crippen LogP contribution in [-0.2, 0) is 4.79 Å². The van der Waals surface area contributed by atoms with Crippen LogP contribution < -0.4 is 5.32 Å².